The van der Waals surface area contributed by atoms with E-state index in [1.165, 1.54) is 0 Å². The standard InChI is InChI=1S/C15H18ClNO2S/c1-9(2)13(18)7-17-15(19)5-10-8-20-14-4-3-11(16)6-12(10)14/h3-4,6,8-9,13,18H,5,7H2,1-2H3,(H,17,19). The molecule has 108 valence electrons. The number of rotatable bonds is 5. The average Bonchev–Trinajstić information content (AvgIpc) is 2.78. The number of fused-ring (bicyclic) bond motifs is 1. The fourth-order valence-corrected chi connectivity index (χ4v) is 3.00. The van der Waals surface area contributed by atoms with Gasteiger partial charge in [-0.25, -0.2) is 0 Å². The minimum Gasteiger partial charge on any atom is -0.391 e. The Hall–Kier alpha value is -1.10. The Morgan fingerprint density at radius 3 is 2.90 bits per heavy atom. The molecule has 1 aromatic heterocycles. The molecule has 0 saturated carbocycles. The maximum Gasteiger partial charge on any atom is 0.224 e. The van der Waals surface area contributed by atoms with Crippen LogP contribution in [0.5, 0.6) is 0 Å². The Morgan fingerprint density at radius 1 is 1.45 bits per heavy atom. The molecule has 1 heterocycles. The van der Waals surface area contributed by atoms with Gasteiger partial charge in [-0.15, -0.1) is 11.3 Å². The number of aliphatic hydroxyl groups excluding tert-OH is 1. The van der Waals surface area contributed by atoms with Crippen LogP contribution < -0.4 is 5.32 Å². The highest BCUT2D eigenvalue weighted by atomic mass is 35.5. The predicted octanol–water partition coefficient (Wildman–Crippen LogP) is 3.23. The lowest BCUT2D eigenvalue weighted by molar-refractivity contribution is -0.121. The van der Waals surface area contributed by atoms with Gasteiger partial charge in [0.05, 0.1) is 12.5 Å². The fourth-order valence-electron chi connectivity index (χ4n) is 1.88. The van der Waals surface area contributed by atoms with Crippen molar-refractivity contribution >= 4 is 38.9 Å². The molecule has 3 nitrogen and oxygen atoms in total. The Kier molecular flexibility index (Phi) is 5.02. The first-order chi connectivity index (χ1) is 9.47. The zero-order chi connectivity index (χ0) is 14.7. The van der Waals surface area contributed by atoms with Crippen molar-refractivity contribution < 1.29 is 9.90 Å². The highest BCUT2D eigenvalue weighted by molar-refractivity contribution is 7.17. The monoisotopic (exact) mass is 311 g/mol. The first-order valence-electron chi connectivity index (χ1n) is 6.57. The number of benzene rings is 1. The van der Waals surface area contributed by atoms with Gasteiger partial charge in [0.2, 0.25) is 5.91 Å². The van der Waals surface area contributed by atoms with Gasteiger partial charge in [-0.05, 0) is 40.4 Å². The molecule has 0 fully saturated rings. The average molecular weight is 312 g/mol. The first-order valence-corrected chi connectivity index (χ1v) is 7.83. The van der Waals surface area contributed by atoms with E-state index in [4.69, 9.17) is 11.6 Å². The Labute approximate surface area is 127 Å². The lowest BCUT2D eigenvalue weighted by Crippen LogP contribution is -2.35. The number of carbonyl (C=O) groups is 1. The predicted molar refractivity (Wildman–Crippen MR) is 84.4 cm³/mol. The van der Waals surface area contributed by atoms with Gasteiger partial charge in [-0.2, -0.15) is 0 Å². The largest absolute Gasteiger partial charge is 0.391 e. The molecule has 20 heavy (non-hydrogen) atoms. The number of amides is 1. The SMILES string of the molecule is CC(C)C(O)CNC(=O)Cc1csc2ccc(Cl)cc12. The van der Waals surface area contributed by atoms with E-state index in [0.29, 0.717) is 18.0 Å². The summed E-state index contributed by atoms with van der Waals surface area (Å²) in [5, 5.41) is 16.1. The molecule has 0 saturated heterocycles. The molecule has 0 spiro atoms. The van der Waals surface area contributed by atoms with Gasteiger partial charge in [0.25, 0.3) is 0 Å². The summed E-state index contributed by atoms with van der Waals surface area (Å²) in [5.74, 6) is 0.0560. The molecular weight excluding hydrogens is 294 g/mol. The third-order valence-corrected chi connectivity index (χ3v) is 4.49. The number of nitrogens with one attached hydrogen (secondary N) is 1. The van der Waals surface area contributed by atoms with Gasteiger partial charge >= 0.3 is 0 Å². The second-order valence-corrected chi connectivity index (χ2v) is 6.54. The van der Waals surface area contributed by atoms with Gasteiger partial charge in [-0.1, -0.05) is 25.4 Å². The molecule has 2 N–H and O–H groups in total. The van der Waals surface area contributed by atoms with Crippen LogP contribution in [-0.2, 0) is 11.2 Å². The highest BCUT2D eigenvalue weighted by Crippen LogP contribution is 2.28. The minimum atomic E-state index is -0.507. The molecule has 1 amide bonds. The van der Waals surface area contributed by atoms with Crippen LogP contribution in [-0.4, -0.2) is 23.7 Å². The Morgan fingerprint density at radius 2 is 2.20 bits per heavy atom. The summed E-state index contributed by atoms with van der Waals surface area (Å²) >= 11 is 7.60. The van der Waals surface area contributed by atoms with Crippen LogP contribution in [0.3, 0.4) is 0 Å². The zero-order valence-electron chi connectivity index (χ0n) is 11.5. The van der Waals surface area contributed by atoms with Crippen LogP contribution >= 0.6 is 22.9 Å². The number of carbonyl (C=O) groups excluding carboxylic acids is 1. The molecule has 0 aliphatic rings. The lowest BCUT2D eigenvalue weighted by atomic mass is 10.1. The van der Waals surface area contributed by atoms with Crippen molar-refractivity contribution in [2.24, 2.45) is 5.92 Å². The number of halogens is 1. The lowest BCUT2D eigenvalue weighted by Gasteiger charge is -2.14. The van der Waals surface area contributed by atoms with Crippen molar-refractivity contribution in [2.75, 3.05) is 6.54 Å². The van der Waals surface area contributed by atoms with Crippen molar-refractivity contribution in [2.45, 2.75) is 26.4 Å². The zero-order valence-corrected chi connectivity index (χ0v) is 13.1. The number of hydrogen-bond donors (Lipinski definition) is 2. The van der Waals surface area contributed by atoms with Crippen LogP contribution in [0.25, 0.3) is 10.1 Å². The Bertz CT molecular complexity index is 609. The van der Waals surface area contributed by atoms with Crippen LogP contribution in [0.1, 0.15) is 19.4 Å². The molecule has 1 aromatic carbocycles. The summed E-state index contributed by atoms with van der Waals surface area (Å²) < 4.78 is 1.12. The molecular formula is C15H18ClNO2S. The van der Waals surface area contributed by atoms with E-state index in [2.05, 4.69) is 5.32 Å². The van der Waals surface area contributed by atoms with Crippen molar-refractivity contribution in [3.05, 3.63) is 34.2 Å². The van der Waals surface area contributed by atoms with Gasteiger partial charge in [0.15, 0.2) is 0 Å². The third-order valence-electron chi connectivity index (χ3n) is 3.24. The van der Waals surface area contributed by atoms with E-state index in [1.807, 2.05) is 37.4 Å². The highest BCUT2D eigenvalue weighted by Gasteiger charge is 2.13. The van der Waals surface area contributed by atoms with Gasteiger partial charge in [0, 0.05) is 16.3 Å². The van der Waals surface area contributed by atoms with Crippen molar-refractivity contribution in [1.29, 1.82) is 0 Å². The number of hydrogen-bond acceptors (Lipinski definition) is 3. The molecule has 0 radical (unpaired) electrons. The van der Waals surface area contributed by atoms with E-state index < -0.39 is 6.10 Å². The summed E-state index contributed by atoms with van der Waals surface area (Å²) in [6.45, 7) is 4.13. The topological polar surface area (TPSA) is 49.3 Å². The first kappa shape index (κ1) is 15.3. The van der Waals surface area contributed by atoms with Crippen LogP contribution in [0.4, 0.5) is 0 Å². The summed E-state index contributed by atoms with van der Waals surface area (Å²) in [7, 11) is 0. The fraction of sp³-hybridized carbons (Fsp3) is 0.400. The van der Waals surface area contributed by atoms with E-state index in [9.17, 15) is 9.90 Å². The van der Waals surface area contributed by atoms with Crippen molar-refractivity contribution in [3.63, 3.8) is 0 Å². The number of thiophene rings is 1. The summed E-state index contributed by atoms with van der Waals surface area (Å²) in [5.41, 5.74) is 0.976. The minimum absolute atomic E-state index is 0.0793. The van der Waals surface area contributed by atoms with E-state index in [-0.39, 0.29) is 11.8 Å². The maximum absolute atomic E-state index is 11.9. The molecule has 0 bridgehead atoms. The molecule has 2 aromatic rings. The quantitative estimate of drug-likeness (QED) is 0.890. The van der Waals surface area contributed by atoms with Crippen LogP contribution in [0.15, 0.2) is 23.6 Å². The van der Waals surface area contributed by atoms with Gasteiger partial charge in [-0.3, -0.25) is 4.79 Å². The third kappa shape index (κ3) is 3.72. The molecule has 1 atom stereocenters. The normalized spacial score (nSPS) is 12.8. The molecule has 1 unspecified atom stereocenters. The van der Waals surface area contributed by atoms with Crippen molar-refractivity contribution in [3.8, 4) is 0 Å². The van der Waals surface area contributed by atoms with Crippen molar-refractivity contribution in [1.82, 2.24) is 5.32 Å². The summed E-state index contributed by atoms with van der Waals surface area (Å²) in [4.78, 5) is 11.9. The van der Waals surface area contributed by atoms with E-state index >= 15 is 0 Å². The van der Waals surface area contributed by atoms with E-state index in [1.54, 1.807) is 11.3 Å². The summed E-state index contributed by atoms with van der Waals surface area (Å²) in [6.07, 6.45) is -0.196. The molecule has 0 aliphatic carbocycles. The number of aliphatic hydroxyl groups is 1. The second kappa shape index (κ2) is 6.57. The molecule has 0 aliphatic heterocycles. The van der Waals surface area contributed by atoms with Gasteiger partial charge < -0.3 is 10.4 Å². The Balaban J connectivity index is 2.01. The molecule has 5 heteroatoms. The smallest absolute Gasteiger partial charge is 0.224 e. The summed E-state index contributed by atoms with van der Waals surface area (Å²) in [6, 6.07) is 5.70. The maximum atomic E-state index is 11.9. The second-order valence-electron chi connectivity index (χ2n) is 5.19. The molecule has 2 rings (SSSR count). The van der Waals surface area contributed by atoms with Gasteiger partial charge in [0.1, 0.15) is 0 Å². The van der Waals surface area contributed by atoms with E-state index in [0.717, 1.165) is 15.6 Å². The van der Waals surface area contributed by atoms with Crippen LogP contribution in [0, 0.1) is 5.92 Å². The van der Waals surface area contributed by atoms with Crippen LogP contribution in [0.2, 0.25) is 5.02 Å².